The Morgan fingerprint density at radius 1 is 1.17 bits per heavy atom. The maximum absolute atomic E-state index is 13.0. The zero-order valence-corrected chi connectivity index (χ0v) is 10.4. The normalized spacial score (nSPS) is 10.1. The van der Waals surface area contributed by atoms with E-state index < -0.39 is 0 Å². The van der Waals surface area contributed by atoms with Crippen molar-refractivity contribution in [3.63, 3.8) is 0 Å². The molecule has 0 aromatic heterocycles. The minimum absolute atomic E-state index is 0.208. The summed E-state index contributed by atoms with van der Waals surface area (Å²) in [4.78, 5) is 0. The topological polar surface area (TPSA) is 12.0 Å². The largest absolute Gasteiger partial charge is 0.381 e. The average Bonchev–Trinajstić information content (AvgIpc) is 2.38. The molecule has 0 aliphatic rings. The van der Waals surface area contributed by atoms with E-state index in [-0.39, 0.29) is 5.82 Å². The number of benzene rings is 2. The summed E-state index contributed by atoms with van der Waals surface area (Å²) in [5.74, 6) is -0.208. The second kappa shape index (κ2) is 5.50. The van der Waals surface area contributed by atoms with Gasteiger partial charge in [-0.2, -0.15) is 0 Å². The molecule has 0 saturated heterocycles. The second-order valence-corrected chi connectivity index (χ2v) is 4.28. The van der Waals surface area contributed by atoms with Crippen LogP contribution in [0.5, 0.6) is 0 Å². The number of rotatable bonds is 4. The molecule has 0 amide bonds. The first kappa shape index (κ1) is 12.4. The van der Waals surface area contributed by atoms with Crippen molar-refractivity contribution in [1.29, 1.82) is 0 Å². The Labute approximate surface area is 107 Å². The van der Waals surface area contributed by atoms with Crippen LogP contribution in [0.15, 0.2) is 55.1 Å². The van der Waals surface area contributed by atoms with E-state index >= 15 is 0 Å². The molecular formula is C16H16FN. The van der Waals surface area contributed by atoms with E-state index in [4.69, 9.17) is 0 Å². The Balaban J connectivity index is 2.02. The van der Waals surface area contributed by atoms with Crippen molar-refractivity contribution in [2.75, 3.05) is 11.9 Å². The quantitative estimate of drug-likeness (QED) is 0.843. The van der Waals surface area contributed by atoms with E-state index in [0.29, 0.717) is 6.54 Å². The molecule has 18 heavy (non-hydrogen) atoms. The maximum atomic E-state index is 13.0. The van der Waals surface area contributed by atoms with Gasteiger partial charge in [0.1, 0.15) is 5.82 Å². The predicted molar refractivity (Wildman–Crippen MR) is 75.1 cm³/mol. The van der Waals surface area contributed by atoms with Gasteiger partial charge in [0.15, 0.2) is 0 Å². The van der Waals surface area contributed by atoms with E-state index in [9.17, 15) is 4.39 Å². The Kier molecular flexibility index (Phi) is 3.78. The van der Waals surface area contributed by atoms with Crippen LogP contribution in [0.4, 0.5) is 10.1 Å². The molecule has 0 bridgehead atoms. The first-order valence-electron chi connectivity index (χ1n) is 5.90. The van der Waals surface area contributed by atoms with Crippen molar-refractivity contribution < 1.29 is 4.39 Å². The van der Waals surface area contributed by atoms with Crippen molar-refractivity contribution >= 4 is 11.3 Å². The lowest BCUT2D eigenvalue weighted by Gasteiger charge is -2.11. The molecule has 0 unspecified atom stereocenters. The number of hydrogen-bond acceptors (Lipinski definition) is 1. The van der Waals surface area contributed by atoms with Crippen molar-refractivity contribution in [3.05, 3.63) is 72.1 Å². The molecule has 0 aliphatic carbocycles. The van der Waals surface area contributed by atoms with Crippen LogP contribution in [0.25, 0.3) is 5.57 Å². The van der Waals surface area contributed by atoms with Crippen LogP contribution in [0, 0.1) is 12.7 Å². The molecule has 92 valence electrons. The Bertz CT molecular complexity index is 546. The minimum Gasteiger partial charge on any atom is -0.381 e. The van der Waals surface area contributed by atoms with Gasteiger partial charge in [-0.25, -0.2) is 4.39 Å². The third-order valence-corrected chi connectivity index (χ3v) is 2.86. The summed E-state index contributed by atoms with van der Waals surface area (Å²) in [5.41, 5.74) is 3.97. The molecule has 2 heteroatoms. The van der Waals surface area contributed by atoms with E-state index in [0.717, 1.165) is 22.4 Å². The highest BCUT2D eigenvalue weighted by molar-refractivity contribution is 5.68. The lowest BCUT2D eigenvalue weighted by Crippen LogP contribution is -2.04. The van der Waals surface area contributed by atoms with Crippen LogP contribution < -0.4 is 5.32 Å². The van der Waals surface area contributed by atoms with Gasteiger partial charge in [-0.05, 0) is 41.8 Å². The van der Waals surface area contributed by atoms with E-state index in [1.54, 1.807) is 6.07 Å². The molecule has 0 fully saturated rings. The molecule has 1 N–H and O–H groups in total. The molecule has 0 spiro atoms. The fraction of sp³-hybridized carbons (Fsp3) is 0.125. The highest BCUT2D eigenvalue weighted by Crippen LogP contribution is 2.18. The van der Waals surface area contributed by atoms with Crippen LogP contribution in [0.3, 0.4) is 0 Å². The summed E-state index contributed by atoms with van der Waals surface area (Å²) in [6.45, 7) is 6.59. The predicted octanol–water partition coefficient (Wildman–Crippen LogP) is 4.26. The second-order valence-electron chi connectivity index (χ2n) is 4.28. The fourth-order valence-electron chi connectivity index (χ4n) is 1.80. The number of nitrogens with one attached hydrogen (secondary N) is 1. The molecule has 1 nitrogen and oxygen atoms in total. The summed E-state index contributed by atoms with van der Waals surface area (Å²) in [6.07, 6.45) is 0. The number of anilines is 1. The number of halogens is 1. The monoisotopic (exact) mass is 241 g/mol. The molecule has 0 heterocycles. The summed E-state index contributed by atoms with van der Waals surface area (Å²) < 4.78 is 13.0. The van der Waals surface area contributed by atoms with Gasteiger partial charge in [-0.15, -0.1) is 0 Å². The highest BCUT2D eigenvalue weighted by atomic mass is 19.1. The summed E-state index contributed by atoms with van der Waals surface area (Å²) in [7, 11) is 0. The molecule has 2 aromatic carbocycles. The zero-order valence-electron chi connectivity index (χ0n) is 10.4. The van der Waals surface area contributed by atoms with Gasteiger partial charge < -0.3 is 5.32 Å². The van der Waals surface area contributed by atoms with Crippen LogP contribution in [0.2, 0.25) is 0 Å². The molecule has 0 aliphatic heterocycles. The molecule has 2 rings (SSSR count). The molecular weight excluding hydrogens is 225 g/mol. The standard InChI is InChI=1S/C16H16FN/c1-12-10-15(17)8-9-16(12)18-11-13(2)14-6-4-3-5-7-14/h3-10,18H,2,11H2,1H3. The Morgan fingerprint density at radius 2 is 1.89 bits per heavy atom. The molecule has 2 aromatic rings. The summed E-state index contributed by atoms with van der Waals surface area (Å²) >= 11 is 0. The van der Waals surface area contributed by atoms with Crippen LogP contribution >= 0.6 is 0 Å². The first-order valence-corrected chi connectivity index (χ1v) is 5.90. The lowest BCUT2D eigenvalue weighted by atomic mass is 10.1. The minimum atomic E-state index is -0.208. The van der Waals surface area contributed by atoms with E-state index in [1.807, 2.05) is 37.3 Å². The number of hydrogen-bond donors (Lipinski definition) is 1. The van der Waals surface area contributed by atoms with Gasteiger partial charge in [-0.3, -0.25) is 0 Å². The van der Waals surface area contributed by atoms with Gasteiger partial charge in [-0.1, -0.05) is 36.9 Å². The van der Waals surface area contributed by atoms with Crippen molar-refractivity contribution in [2.45, 2.75) is 6.92 Å². The Hall–Kier alpha value is -2.09. The van der Waals surface area contributed by atoms with Gasteiger partial charge in [0, 0.05) is 12.2 Å². The van der Waals surface area contributed by atoms with Crippen molar-refractivity contribution in [1.82, 2.24) is 0 Å². The average molecular weight is 241 g/mol. The number of aryl methyl sites for hydroxylation is 1. The summed E-state index contributed by atoms with van der Waals surface area (Å²) in [6, 6.07) is 14.8. The highest BCUT2D eigenvalue weighted by Gasteiger charge is 2.01. The Morgan fingerprint density at radius 3 is 2.56 bits per heavy atom. The van der Waals surface area contributed by atoms with Gasteiger partial charge in [0.2, 0.25) is 0 Å². The van der Waals surface area contributed by atoms with E-state index in [2.05, 4.69) is 11.9 Å². The molecule has 0 atom stereocenters. The van der Waals surface area contributed by atoms with Crippen LogP contribution in [-0.2, 0) is 0 Å². The zero-order chi connectivity index (χ0) is 13.0. The molecule has 0 saturated carbocycles. The maximum Gasteiger partial charge on any atom is 0.123 e. The molecule has 0 radical (unpaired) electrons. The smallest absolute Gasteiger partial charge is 0.123 e. The SMILES string of the molecule is C=C(CNc1ccc(F)cc1C)c1ccccc1. The lowest BCUT2D eigenvalue weighted by molar-refractivity contribution is 0.627. The van der Waals surface area contributed by atoms with Gasteiger partial charge >= 0.3 is 0 Å². The van der Waals surface area contributed by atoms with Crippen molar-refractivity contribution in [3.8, 4) is 0 Å². The van der Waals surface area contributed by atoms with Crippen LogP contribution in [-0.4, -0.2) is 6.54 Å². The summed E-state index contributed by atoms with van der Waals surface area (Å²) in [5, 5.41) is 3.27. The van der Waals surface area contributed by atoms with Crippen LogP contribution in [0.1, 0.15) is 11.1 Å². The van der Waals surface area contributed by atoms with Gasteiger partial charge in [0.05, 0.1) is 0 Å². The van der Waals surface area contributed by atoms with Gasteiger partial charge in [0.25, 0.3) is 0 Å². The van der Waals surface area contributed by atoms with Crippen molar-refractivity contribution in [2.24, 2.45) is 0 Å². The first-order chi connectivity index (χ1) is 8.66. The third-order valence-electron chi connectivity index (χ3n) is 2.86. The van der Waals surface area contributed by atoms with E-state index in [1.165, 1.54) is 12.1 Å². The third kappa shape index (κ3) is 2.98. The fourth-order valence-corrected chi connectivity index (χ4v) is 1.80.